The molecule has 0 radical (unpaired) electrons. The van der Waals surface area contributed by atoms with Crippen molar-refractivity contribution in [1.82, 2.24) is 4.98 Å². The number of Topliss-reactive ketones (excluding diaryl/α,β-unsaturated/α-hetero) is 1. The van der Waals surface area contributed by atoms with Crippen molar-refractivity contribution >= 4 is 44.1 Å². The molecule has 1 saturated heterocycles. The van der Waals surface area contributed by atoms with Gasteiger partial charge in [0.25, 0.3) is 5.78 Å². The highest BCUT2D eigenvalue weighted by Gasteiger charge is 2.48. The van der Waals surface area contributed by atoms with E-state index in [9.17, 15) is 14.7 Å². The van der Waals surface area contributed by atoms with Gasteiger partial charge >= 0.3 is 5.91 Å². The lowest BCUT2D eigenvalue weighted by molar-refractivity contribution is -0.132. The number of aliphatic hydroxyl groups excluding tert-OH is 1. The van der Waals surface area contributed by atoms with Gasteiger partial charge in [0.05, 0.1) is 35.5 Å². The van der Waals surface area contributed by atoms with Gasteiger partial charge in [0.2, 0.25) is 0 Å². The summed E-state index contributed by atoms with van der Waals surface area (Å²) in [6.07, 6.45) is 3.04. The van der Waals surface area contributed by atoms with E-state index in [0.717, 1.165) is 24.0 Å². The summed E-state index contributed by atoms with van der Waals surface area (Å²) >= 11 is 1.27. The zero-order chi connectivity index (χ0) is 29.2. The Morgan fingerprint density at radius 3 is 2.67 bits per heavy atom. The summed E-state index contributed by atoms with van der Waals surface area (Å²) in [7, 11) is 1.58. The number of aliphatic hydroxyl groups is 1. The lowest BCUT2D eigenvalue weighted by atomic mass is 9.95. The number of methoxy groups -OCH3 is 1. The maximum absolute atomic E-state index is 13.7. The van der Waals surface area contributed by atoms with Crippen LogP contribution in [0.25, 0.3) is 16.0 Å². The van der Waals surface area contributed by atoms with E-state index in [1.54, 1.807) is 37.4 Å². The van der Waals surface area contributed by atoms with E-state index in [4.69, 9.17) is 23.9 Å². The van der Waals surface area contributed by atoms with Crippen molar-refractivity contribution in [1.29, 1.82) is 0 Å². The number of hydrogen-bond donors (Lipinski definition) is 1. The highest BCUT2D eigenvalue weighted by atomic mass is 32.1. The van der Waals surface area contributed by atoms with Crippen molar-refractivity contribution in [3.05, 3.63) is 77.4 Å². The predicted octanol–water partition coefficient (Wildman–Crippen LogP) is 6.27. The average molecular weight is 587 g/mol. The first-order valence-electron chi connectivity index (χ1n) is 13.9. The Labute approximate surface area is 246 Å². The second-order valence-corrected chi connectivity index (χ2v) is 11.0. The summed E-state index contributed by atoms with van der Waals surface area (Å²) in [4.78, 5) is 33.4. The summed E-state index contributed by atoms with van der Waals surface area (Å²) < 4.78 is 23.5. The van der Waals surface area contributed by atoms with Gasteiger partial charge in [-0.1, -0.05) is 43.2 Å². The fourth-order valence-corrected chi connectivity index (χ4v) is 6.15. The molecule has 2 aliphatic heterocycles. The van der Waals surface area contributed by atoms with Crippen LogP contribution in [0.1, 0.15) is 43.4 Å². The van der Waals surface area contributed by atoms with E-state index in [2.05, 4.69) is 6.92 Å². The monoisotopic (exact) mass is 586 g/mol. The van der Waals surface area contributed by atoms with Gasteiger partial charge in [-0.05, 0) is 60.5 Å². The number of carbonyl (C=O) groups excluding carboxylic acids is 2. The molecule has 2 aliphatic rings. The van der Waals surface area contributed by atoms with Crippen molar-refractivity contribution in [2.24, 2.45) is 0 Å². The molecule has 10 heteroatoms. The average Bonchev–Trinajstić information content (AvgIpc) is 3.56. The third-order valence-corrected chi connectivity index (χ3v) is 8.26. The van der Waals surface area contributed by atoms with Crippen molar-refractivity contribution in [3.63, 3.8) is 0 Å². The Kier molecular flexibility index (Phi) is 7.71. The van der Waals surface area contributed by atoms with Crippen LogP contribution in [0.2, 0.25) is 0 Å². The van der Waals surface area contributed by atoms with Crippen LogP contribution in [-0.4, -0.2) is 48.7 Å². The van der Waals surface area contributed by atoms with E-state index in [1.165, 1.54) is 16.2 Å². The Bertz CT molecular complexity index is 1700. The fourth-order valence-electron chi connectivity index (χ4n) is 5.13. The van der Waals surface area contributed by atoms with Gasteiger partial charge < -0.3 is 24.1 Å². The van der Waals surface area contributed by atoms with E-state index >= 15 is 0 Å². The Hall–Kier alpha value is -4.57. The molecule has 216 valence electrons. The maximum atomic E-state index is 13.7. The lowest BCUT2D eigenvalue weighted by Crippen LogP contribution is -2.29. The van der Waals surface area contributed by atoms with Crippen molar-refractivity contribution < 1.29 is 33.6 Å². The van der Waals surface area contributed by atoms with E-state index in [-0.39, 0.29) is 11.3 Å². The summed E-state index contributed by atoms with van der Waals surface area (Å²) in [6, 6.07) is 16.7. The molecule has 42 heavy (non-hydrogen) atoms. The van der Waals surface area contributed by atoms with Gasteiger partial charge in [-0.2, -0.15) is 0 Å². The number of anilines is 1. The number of benzene rings is 3. The number of carbonyl (C=O) groups is 2. The topological polar surface area (TPSA) is 107 Å². The SMILES string of the molecule is CCCCCOc1cccc([C@@H]2/C(=C(\O)c3ccc4c(c3)OCCO4)C(=O)C(=O)N2c2nc3ccc(OC)cc3s2)c1. The number of thiazole rings is 1. The first-order chi connectivity index (χ1) is 20.5. The van der Waals surface area contributed by atoms with Crippen LogP contribution in [0, 0.1) is 0 Å². The second kappa shape index (κ2) is 11.7. The molecule has 0 bridgehead atoms. The lowest BCUT2D eigenvalue weighted by Gasteiger charge is -2.24. The maximum Gasteiger partial charge on any atom is 0.301 e. The standard InChI is InChI=1S/C32H30N2O7S/c1-3-4-5-13-39-22-8-6-7-19(16-22)28-27(29(35)20-9-12-24-25(17-20)41-15-14-40-24)30(36)31(37)34(28)32-33-23-11-10-21(38-2)18-26(23)42-32/h6-12,16-18,28,35H,3-5,13-15H2,1-2H3/b29-27+/t28-/m1/s1. The smallest absolute Gasteiger partial charge is 0.301 e. The summed E-state index contributed by atoms with van der Waals surface area (Å²) in [5, 5.41) is 11.9. The van der Waals surface area contributed by atoms with Gasteiger partial charge in [-0.3, -0.25) is 14.5 Å². The van der Waals surface area contributed by atoms with E-state index < -0.39 is 17.7 Å². The summed E-state index contributed by atoms with van der Waals surface area (Å²) in [5.74, 6) is 0.379. The van der Waals surface area contributed by atoms with Crippen LogP contribution in [0.5, 0.6) is 23.0 Å². The van der Waals surface area contributed by atoms with E-state index in [0.29, 0.717) is 64.6 Å². The molecule has 1 N–H and O–H groups in total. The molecule has 1 fully saturated rings. The van der Waals surface area contributed by atoms with Gasteiger partial charge in [0, 0.05) is 5.56 Å². The summed E-state index contributed by atoms with van der Waals surface area (Å²) in [5.41, 5.74) is 1.56. The van der Waals surface area contributed by atoms with Gasteiger partial charge in [0.1, 0.15) is 30.5 Å². The molecule has 1 aromatic heterocycles. The number of nitrogens with zero attached hydrogens (tertiary/aromatic N) is 2. The molecule has 0 unspecified atom stereocenters. The third-order valence-electron chi connectivity index (χ3n) is 7.24. The molecule has 3 heterocycles. The second-order valence-electron chi connectivity index (χ2n) is 9.99. The Balaban J connectivity index is 1.47. The number of fused-ring (bicyclic) bond motifs is 2. The number of ketones is 1. The van der Waals surface area contributed by atoms with Crippen LogP contribution in [0.3, 0.4) is 0 Å². The van der Waals surface area contributed by atoms with Crippen molar-refractivity contribution in [2.75, 3.05) is 31.8 Å². The number of aromatic nitrogens is 1. The van der Waals surface area contributed by atoms with Crippen LogP contribution < -0.4 is 23.8 Å². The fraction of sp³-hybridized carbons (Fsp3) is 0.281. The minimum Gasteiger partial charge on any atom is -0.507 e. The number of hydrogen-bond acceptors (Lipinski definition) is 9. The zero-order valence-corrected chi connectivity index (χ0v) is 24.1. The molecule has 4 aromatic rings. The first kappa shape index (κ1) is 27.6. The number of rotatable bonds is 9. The van der Waals surface area contributed by atoms with Gasteiger partial charge in [-0.25, -0.2) is 4.98 Å². The molecular weight excluding hydrogens is 556 g/mol. The Morgan fingerprint density at radius 1 is 1.02 bits per heavy atom. The van der Waals surface area contributed by atoms with Gasteiger partial charge in [0.15, 0.2) is 16.6 Å². The molecule has 0 spiro atoms. The molecule has 1 amide bonds. The Morgan fingerprint density at radius 2 is 1.86 bits per heavy atom. The quantitative estimate of drug-likeness (QED) is 0.106. The first-order valence-corrected chi connectivity index (χ1v) is 14.7. The minimum absolute atomic E-state index is 0.0448. The van der Waals surface area contributed by atoms with Crippen LogP contribution in [0.4, 0.5) is 5.13 Å². The van der Waals surface area contributed by atoms with Crippen molar-refractivity contribution in [3.8, 4) is 23.0 Å². The highest BCUT2D eigenvalue weighted by molar-refractivity contribution is 7.22. The molecule has 9 nitrogen and oxygen atoms in total. The van der Waals surface area contributed by atoms with Crippen molar-refractivity contribution in [2.45, 2.75) is 32.2 Å². The van der Waals surface area contributed by atoms with E-state index in [1.807, 2.05) is 30.3 Å². The number of amides is 1. The van der Waals surface area contributed by atoms with Crippen LogP contribution >= 0.6 is 11.3 Å². The minimum atomic E-state index is -0.945. The molecule has 1 atom stereocenters. The van der Waals surface area contributed by atoms with Crippen LogP contribution in [0.15, 0.2) is 66.2 Å². The largest absolute Gasteiger partial charge is 0.507 e. The van der Waals surface area contributed by atoms with Crippen LogP contribution in [-0.2, 0) is 9.59 Å². The molecule has 6 rings (SSSR count). The molecule has 0 saturated carbocycles. The number of unbranched alkanes of at least 4 members (excludes halogenated alkanes) is 2. The molecule has 3 aromatic carbocycles. The number of ether oxygens (including phenoxy) is 4. The molecular formula is C32H30N2O7S. The normalized spacial score (nSPS) is 17.6. The molecule has 0 aliphatic carbocycles. The third kappa shape index (κ3) is 5.14. The summed E-state index contributed by atoms with van der Waals surface area (Å²) in [6.45, 7) is 3.47. The highest BCUT2D eigenvalue weighted by Crippen LogP contribution is 2.46. The predicted molar refractivity (Wildman–Crippen MR) is 160 cm³/mol. The zero-order valence-electron chi connectivity index (χ0n) is 23.3. The van der Waals surface area contributed by atoms with Gasteiger partial charge in [-0.15, -0.1) is 0 Å².